The van der Waals surface area contributed by atoms with Gasteiger partial charge in [0.1, 0.15) is 51.4 Å². The standard InChI is InChI=1S/C18H14N4O5S.C17H16N2O5.C15H14N2O.C14H9F3N2O4.C13H9N3O5.C13H12N2O.CO2.Na/c23-16-9-6-13(11-15(16)18(24)25)21-20-12-4-7-14(8-5-12)28(26,27)22-17-3-1-2-10-19-17;1-10-5-12(17(23)24-2)8-14(6-10)19-18-13-3-4-15(20)11(7-13)9-16(21)22;1-2-6-12-11-14(9-10-15(12)18)17-16-13-7-4-3-5-8-13;15-14(16,17)7-2-1-3-8(6-7)18-19-9-4-5-10(20)11(12(9)21)13(22)23;17-12-5-4-9(7-11(12)13(18)19)15-14-8-2-1-3-10(6-8)16(20)21;1-10-9-12(7-8-13(10)16)15-14-11-5-3-2-4-6-11;2-1-3;/h1-11,23H,(H,19,22)(H,24,25);3-8,20H,9H2,1-2H3,(H,21,22);2-5,7-11,18H,1,6H2;1-6,20-21H,(H,22,23);1-7,17H,(H,18,19);2-9,16H,1H3;;/q;;;;;;;+1/p-1. The fourth-order valence-corrected chi connectivity index (χ4v) is 11.4. The number of hydrogen-bond donors (Lipinski definition) is 11. The van der Waals surface area contributed by atoms with Crippen LogP contribution < -0.4 is 39.4 Å². The molecule has 12 aromatic carbocycles. The minimum Gasteiger partial charge on any atom is -0.872 e. The number of halogens is 3. The Balaban J connectivity index is 0.000000247. The fraction of sp³-hybridized carbons (Fsp3) is 0.0659. The second-order valence-electron chi connectivity index (χ2n) is 26.4. The molecule has 0 bridgehead atoms. The summed E-state index contributed by atoms with van der Waals surface area (Å²) in [6.45, 7) is 7.30. The molecule has 678 valence electrons. The molecule has 38 nitrogen and oxygen atoms in total. The summed E-state index contributed by atoms with van der Waals surface area (Å²) >= 11 is 0. The van der Waals surface area contributed by atoms with E-state index in [-0.39, 0.29) is 121 Å². The number of carbonyl (C=O) groups is 5. The zero-order valence-corrected chi connectivity index (χ0v) is 73.2. The summed E-state index contributed by atoms with van der Waals surface area (Å²) in [6.07, 6.45) is -0.775. The van der Waals surface area contributed by atoms with E-state index in [2.05, 4.69) is 82.4 Å². The molecule has 0 radical (unpaired) electrons. The van der Waals surface area contributed by atoms with Gasteiger partial charge in [-0.1, -0.05) is 72.5 Å². The van der Waals surface area contributed by atoms with E-state index in [9.17, 15) is 91.4 Å². The summed E-state index contributed by atoms with van der Waals surface area (Å²) in [5.74, 6) is -7.64. The third kappa shape index (κ3) is 34.5. The molecule has 11 N–H and O–H groups in total. The van der Waals surface area contributed by atoms with Gasteiger partial charge in [-0.15, -0.1) is 11.7 Å². The van der Waals surface area contributed by atoms with Crippen LogP contribution >= 0.6 is 0 Å². The summed E-state index contributed by atoms with van der Waals surface area (Å²) in [5, 5.41) is 162. The number of pyridine rings is 1. The van der Waals surface area contributed by atoms with Crippen LogP contribution in [-0.2, 0) is 48.2 Å². The monoisotopic (exact) mass is 1860 g/mol. The number of aromatic carboxylic acids is 3. The average molecular weight is 1860 g/mol. The number of methoxy groups -OCH3 is 1. The Morgan fingerprint density at radius 2 is 0.925 bits per heavy atom. The number of aromatic nitrogens is 1. The number of alkyl halides is 3. The molecule has 0 atom stereocenters. The van der Waals surface area contributed by atoms with Gasteiger partial charge in [0, 0.05) is 23.9 Å². The van der Waals surface area contributed by atoms with Gasteiger partial charge in [-0.2, -0.15) is 79.0 Å². The summed E-state index contributed by atoms with van der Waals surface area (Å²) in [5.41, 5.74) is 4.98. The number of aliphatic carboxylic acids is 1. The van der Waals surface area contributed by atoms with E-state index in [0.29, 0.717) is 34.7 Å². The number of azo groups is 6. The van der Waals surface area contributed by atoms with Gasteiger partial charge >= 0.3 is 71.7 Å². The number of carbonyl (C=O) groups excluding carboxylic acids is 3. The number of ether oxygens (including phenoxy) is 1. The Hall–Kier alpha value is -17.6. The van der Waals surface area contributed by atoms with Crippen LogP contribution in [0.3, 0.4) is 0 Å². The normalized spacial score (nSPS) is 10.8. The van der Waals surface area contributed by atoms with Gasteiger partial charge in [0.2, 0.25) is 0 Å². The number of sulfonamides is 1. The second-order valence-corrected chi connectivity index (χ2v) is 28.1. The van der Waals surface area contributed by atoms with Crippen molar-refractivity contribution in [3.8, 4) is 40.2 Å². The largest absolute Gasteiger partial charge is 1.00 e. The van der Waals surface area contributed by atoms with Gasteiger partial charge < -0.3 is 60.9 Å². The third-order valence-corrected chi connectivity index (χ3v) is 18.1. The number of aromatic hydroxyl groups is 6. The van der Waals surface area contributed by atoms with Gasteiger partial charge in [-0.05, 0) is 237 Å². The number of phenolic OH excluding ortho intramolecular Hbond substituents is 3. The number of carboxylic acids is 4. The third-order valence-electron chi connectivity index (χ3n) is 16.7. The molecule has 0 aliphatic rings. The Bertz CT molecular complexity index is 6680. The molecule has 13 rings (SSSR count). The summed E-state index contributed by atoms with van der Waals surface area (Å²) in [4.78, 5) is 85.3. The molecule has 0 spiro atoms. The molecular formula is C91H73F3N15NaO23S. The van der Waals surface area contributed by atoms with Crippen LogP contribution in [0.5, 0.6) is 40.2 Å². The molecule has 0 unspecified atom stereocenters. The first-order chi connectivity index (χ1) is 63.4. The SMILES string of the molecule is C=CCc1cc(N=Nc2ccccc2)ccc1O.COC(=O)c1cc(C)cc(N=Nc2ccc(O)c(CC(=O)O)c2)c1.Cc1cc(N=Nc2ccccc2)ccc1O.O=C(O)c1c(O)ccc(N=Nc2cccc(C(F)(F)F)c2)c1O.O=C(O)c1cc(N=Nc2ccc(S(=O)(=O)Nc3ccccn3)cc2)ccc1O.O=C(O)c1cc(N=Nc2cccc([N+](=O)[O-])c2)ccc1[O-].O=C=O.[Na+]. The van der Waals surface area contributed by atoms with Crippen LogP contribution in [0, 0.1) is 24.0 Å². The zero-order valence-electron chi connectivity index (χ0n) is 70.3. The van der Waals surface area contributed by atoms with Crippen LogP contribution in [-0.4, -0.2) is 112 Å². The number of benzene rings is 12. The maximum absolute atomic E-state index is 12.6. The van der Waals surface area contributed by atoms with Gasteiger partial charge in [0.15, 0.2) is 5.75 Å². The predicted octanol–water partition coefficient (Wildman–Crippen LogP) is 19.3. The first kappa shape index (κ1) is 105. The molecule has 0 aliphatic heterocycles. The molecule has 1 heterocycles. The van der Waals surface area contributed by atoms with Crippen LogP contribution in [0.1, 0.15) is 69.2 Å². The number of allylic oxidation sites excluding steroid dienone is 1. The number of aryl methyl sites for hydroxylation is 2. The van der Waals surface area contributed by atoms with Gasteiger partial charge in [0.05, 0.1) is 103 Å². The number of hydrogen-bond acceptors (Lipinski definition) is 32. The average Bonchev–Trinajstić information content (AvgIpc) is 0.822. The topological polar surface area (TPSA) is 605 Å². The molecule has 43 heteroatoms. The second kappa shape index (κ2) is 52.0. The van der Waals surface area contributed by atoms with Crippen LogP contribution in [0.2, 0.25) is 0 Å². The van der Waals surface area contributed by atoms with Crippen LogP contribution in [0.4, 0.5) is 92.9 Å². The van der Waals surface area contributed by atoms with Crippen molar-refractivity contribution in [2.75, 3.05) is 11.8 Å². The van der Waals surface area contributed by atoms with E-state index in [0.717, 1.165) is 76.2 Å². The smallest absolute Gasteiger partial charge is 0.872 e. The number of non-ortho nitro benzene ring substituents is 1. The molecule has 0 fully saturated rings. The van der Waals surface area contributed by atoms with Crippen LogP contribution in [0.15, 0.2) is 358 Å². The maximum Gasteiger partial charge on any atom is 1.00 e. The predicted molar refractivity (Wildman–Crippen MR) is 470 cm³/mol. The molecule has 0 aliphatic carbocycles. The summed E-state index contributed by atoms with van der Waals surface area (Å²) in [7, 11) is -2.50. The molecule has 0 amide bonds. The number of anilines is 1. The van der Waals surface area contributed by atoms with Crippen molar-refractivity contribution < 1.29 is 151 Å². The summed E-state index contributed by atoms with van der Waals surface area (Å²) < 4.78 is 69.5. The van der Waals surface area contributed by atoms with Gasteiger partial charge in [-0.3, -0.25) is 19.6 Å². The minimum atomic E-state index is -4.54. The van der Waals surface area contributed by atoms with Gasteiger partial charge in [-0.25, -0.2) is 32.6 Å². The summed E-state index contributed by atoms with van der Waals surface area (Å²) in [6, 6.07) is 68.0. The van der Waals surface area contributed by atoms with E-state index < -0.39 is 84.9 Å². The van der Waals surface area contributed by atoms with Crippen molar-refractivity contribution in [2.24, 2.45) is 61.4 Å². The van der Waals surface area contributed by atoms with Crippen molar-refractivity contribution in [1.29, 1.82) is 0 Å². The van der Waals surface area contributed by atoms with E-state index in [1.54, 1.807) is 66.7 Å². The quantitative estimate of drug-likeness (QED) is 0.00668. The fourth-order valence-electron chi connectivity index (χ4n) is 10.4. The Morgan fingerprint density at radius 1 is 0.485 bits per heavy atom. The number of nitrogens with zero attached hydrogens (tertiary/aromatic N) is 14. The molecule has 0 saturated carbocycles. The van der Waals surface area contributed by atoms with Crippen molar-refractivity contribution in [1.82, 2.24) is 4.98 Å². The van der Waals surface area contributed by atoms with Crippen molar-refractivity contribution >= 4 is 126 Å². The molecular weight excluding hydrogens is 1780 g/mol. The molecule has 134 heavy (non-hydrogen) atoms. The molecule has 13 aromatic rings. The van der Waals surface area contributed by atoms with E-state index >= 15 is 0 Å². The number of nitrogens with one attached hydrogen (secondary N) is 1. The number of carboxylic acid groups (broad SMARTS) is 4. The van der Waals surface area contributed by atoms with Gasteiger partial charge in [0.25, 0.3) is 15.7 Å². The van der Waals surface area contributed by atoms with Crippen molar-refractivity contribution in [3.05, 3.63) is 352 Å². The van der Waals surface area contributed by atoms with E-state index in [4.69, 9.17) is 30.0 Å². The number of nitro benzene ring substituents is 1. The number of nitro groups is 1. The van der Waals surface area contributed by atoms with E-state index in [1.165, 1.54) is 116 Å². The van der Waals surface area contributed by atoms with Crippen LogP contribution in [0.25, 0.3) is 0 Å². The Kier molecular flexibility index (Phi) is 40.8. The molecule has 1 aromatic heterocycles. The van der Waals surface area contributed by atoms with Crippen molar-refractivity contribution in [3.63, 3.8) is 0 Å². The first-order valence-electron chi connectivity index (χ1n) is 37.8. The maximum atomic E-state index is 12.6. The Morgan fingerprint density at radius 3 is 1.43 bits per heavy atom. The van der Waals surface area contributed by atoms with Crippen molar-refractivity contribution in [2.45, 2.75) is 37.8 Å². The number of esters is 1. The first-order valence-corrected chi connectivity index (χ1v) is 39.3. The van der Waals surface area contributed by atoms with E-state index in [1.807, 2.05) is 80.6 Å². The Labute approximate surface area is 779 Å². The number of rotatable bonds is 24. The molecule has 0 saturated heterocycles. The number of phenols is 6. The zero-order chi connectivity index (χ0) is 97.3. The minimum absolute atomic E-state index is 0.